The molecular formula is C28H34N5O2S+. The third-order valence-corrected chi connectivity index (χ3v) is 6.97. The van der Waals surface area contributed by atoms with Gasteiger partial charge in [-0.3, -0.25) is 0 Å². The molecule has 0 aliphatic heterocycles. The number of methoxy groups -OCH3 is 2. The molecule has 8 heteroatoms. The summed E-state index contributed by atoms with van der Waals surface area (Å²) in [5.74, 6) is 0. The number of pyridine rings is 1. The topological polar surface area (TPSA) is 63.2 Å². The molecule has 0 amide bonds. The summed E-state index contributed by atoms with van der Waals surface area (Å²) in [6.07, 6.45) is 6.65. The van der Waals surface area contributed by atoms with Crippen LogP contribution in [0.25, 0.3) is 20.8 Å². The predicted molar refractivity (Wildman–Crippen MR) is 147 cm³/mol. The Morgan fingerprint density at radius 3 is 2.22 bits per heavy atom. The van der Waals surface area contributed by atoms with E-state index in [9.17, 15) is 0 Å². The molecule has 0 fully saturated rings. The first-order valence-corrected chi connectivity index (χ1v) is 13.2. The summed E-state index contributed by atoms with van der Waals surface area (Å²) in [4.78, 5) is 7.05. The van der Waals surface area contributed by atoms with Crippen molar-refractivity contribution in [1.29, 1.82) is 0 Å². The number of thiazole rings is 1. The second kappa shape index (κ2) is 13.2. The maximum Gasteiger partial charge on any atom is 0.169 e. The highest BCUT2D eigenvalue weighted by Crippen LogP contribution is 2.32. The van der Waals surface area contributed by atoms with Crippen LogP contribution < -0.4 is 9.47 Å². The number of benzene rings is 2. The summed E-state index contributed by atoms with van der Waals surface area (Å²) in [5, 5.41) is 9.93. The molecule has 0 unspecified atom stereocenters. The van der Waals surface area contributed by atoms with E-state index in [0.29, 0.717) is 13.2 Å². The molecule has 4 aromatic rings. The number of aryl methyl sites for hydroxylation is 1. The van der Waals surface area contributed by atoms with Crippen LogP contribution in [-0.4, -0.2) is 45.5 Å². The van der Waals surface area contributed by atoms with Gasteiger partial charge < -0.3 is 14.4 Å². The Bertz CT molecular complexity index is 1250. The van der Waals surface area contributed by atoms with Crippen molar-refractivity contribution in [2.45, 2.75) is 26.3 Å². The Morgan fingerprint density at radius 1 is 0.889 bits per heavy atom. The van der Waals surface area contributed by atoms with Gasteiger partial charge in [-0.05, 0) is 42.5 Å². The van der Waals surface area contributed by atoms with Gasteiger partial charge in [0.05, 0.1) is 34.8 Å². The van der Waals surface area contributed by atoms with E-state index in [-0.39, 0.29) is 0 Å². The molecule has 0 atom stereocenters. The second-order valence-corrected chi connectivity index (χ2v) is 9.57. The second-order valence-electron chi connectivity index (χ2n) is 8.54. The fourth-order valence-electron chi connectivity index (χ4n) is 3.81. The van der Waals surface area contributed by atoms with Crippen molar-refractivity contribution in [2.24, 2.45) is 10.2 Å². The molecule has 36 heavy (non-hydrogen) atoms. The number of rotatable bonds is 13. The lowest BCUT2D eigenvalue weighted by Crippen LogP contribution is -2.32. The van der Waals surface area contributed by atoms with Gasteiger partial charge in [-0.25, -0.2) is 9.55 Å². The van der Waals surface area contributed by atoms with Crippen LogP contribution >= 0.6 is 11.3 Å². The van der Waals surface area contributed by atoms with Gasteiger partial charge in [-0.15, -0.1) is 11.3 Å². The zero-order valence-electron chi connectivity index (χ0n) is 21.3. The van der Waals surface area contributed by atoms with Crippen LogP contribution in [0.5, 0.6) is 0 Å². The Kier molecular flexibility index (Phi) is 9.49. The fraction of sp³-hybridized carbons (Fsp3) is 0.357. The molecule has 0 aliphatic carbocycles. The third kappa shape index (κ3) is 6.94. The number of aromatic nitrogens is 2. The van der Waals surface area contributed by atoms with Crippen LogP contribution in [0.4, 0.5) is 17.1 Å². The highest BCUT2D eigenvalue weighted by molar-refractivity contribution is 7.21. The number of nitrogens with zero attached hydrogens (tertiary/aromatic N) is 5. The van der Waals surface area contributed by atoms with Crippen LogP contribution in [0.15, 0.2) is 77.2 Å². The molecule has 0 saturated heterocycles. The minimum atomic E-state index is 0.663. The molecule has 2 aromatic carbocycles. The minimum Gasteiger partial charge on any atom is -0.383 e. The molecule has 0 spiro atoms. The molecule has 4 rings (SSSR count). The Balaban J connectivity index is 1.44. The summed E-state index contributed by atoms with van der Waals surface area (Å²) >= 11 is 1.68. The van der Waals surface area contributed by atoms with E-state index in [2.05, 4.69) is 69.3 Å². The smallest absolute Gasteiger partial charge is 0.169 e. The molecule has 188 valence electrons. The van der Waals surface area contributed by atoms with Gasteiger partial charge in [0.25, 0.3) is 0 Å². The average molecular weight is 505 g/mol. The van der Waals surface area contributed by atoms with Gasteiger partial charge in [0.1, 0.15) is 11.6 Å². The van der Waals surface area contributed by atoms with Crippen LogP contribution in [-0.2, 0) is 16.0 Å². The maximum atomic E-state index is 5.24. The molecule has 2 heterocycles. The number of hydrogen-bond donors (Lipinski definition) is 0. The highest BCUT2D eigenvalue weighted by Gasteiger charge is 2.10. The lowest BCUT2D eigenvalue weighted by Gasteiger charge is -2.24. The monoisotopic (exact) mass is 504 g/mol. The van der Waals surface area contributed by atoms with E-state index in [1.807, 2.05) is 24.3 Å². The molecule has 0 aliphatic rings. The van der Waals surface area contributed by atoms with E-state index < -0.39 is 0 Å². The van der Waals surface area contributed by atoms with Crippen molar-refractivity contribution < 1.29 is 14.0 Å². The fourth-order valence-corrected chi connectivity index (χ4v) is 4.81. The van der Waals surface area contributed by atoms with Crippen molar-refractivity contribution in [3.05, 3.63) is 67.0 Å². The van der Waals surface area contributed by atoms with Crippen molar-refractivity contribution in [2.75, 3.05) is 45.4 Å². The first kappa shape index (κ1) is 25.9. The molecule has 0 N–H and O–H groups in total. The van der Waals surface area contributed by atoms with E-state index in [1.54, 1.807) is 25.6 Å². The molecule has 7 nitrogen and oxygen atoms in total. The molecule has 0 bridgehead atoms. The standard InChI is InChI=1S/C28H34N5O2S/c1-4-5-14-32-15-12-22(13-16-32)28-29-26-11-8-24(21-27(26)36-28)31-30-23-6-9-25(10-7-23)33(17-19-34-2)18-20-35-3/h6-13,15-16,21H,4-5,14,17-20H2,1-3H3/q+1. The molecule has 2 aromatic heterocycles. The van der Waals surface area contributed by atoms with E-state index >= 15 is 0 Å². The van der Waals surface area contributed by atoms with Gasteiger partial charge in [0.2, 0.25) is 0 Å². The Hall–Kier alpha value is -3.20. The van der Waals surface area contributed by atoms with Gasteiger partial charge in [0, 0.05) is 57.1 Å². The van der Waals surface area contributed by atoms with Crippen LogP contribution in [0.2, 0.25) is 0 Å². The summed E-state index contributed by atoms with van der Waals surface area (Å²) in [6.45, 7) is 6.20. The summed E-state index contributed by atoms with van der Waals surface area (Å²) in [7, 11) is 3.43. The third-order valence-electron chi connectivity index (χ3n) is 5.91. The quantitative estimate of drug-likeness (QED) is 0.153. The number of hydrogen-bond acceptors (Lipinski definition) is 7. The molecule has 0 radical (unpaired) electrons. The Morgan fingerprint density at radius 2 is 1.56 bits per heavy atom. The van der Waals surface area contributed by atoms with Gasteiger partial charge in [0.15, 0.2) is 12.4 Å². The predicted octanol–water partition coefficient (Wildman–Crippen LogP) is 6.57. The van der Waals surface area contributed by atoms with Crippen LogP contribution in [0, 0.1) is 0 Å². The number of fused-ring (bicyclic) bond motifs is 1. The minimum absolute atomic E-state index is 0.663. The largest absolute Gasteiger partial charge is 0.383 e. The van der Waals surface area contributed by atoms with Crippen LogP contribution in [0.1, 0.15) is 19.8 Å². The highest BCUT2D eigenvalue weighted by atomic mass is 32.1. The SMILES string of the molecule is CCCC[n+]1ccc(-c2nc3ccc(N=Nc4ccc(N(CCOC)CCOC)cc4)cc3s2)cc1. The van der Waals surface area contributed by atoms with Crippen LogP contribution in [0.3, 0.4) is 0 Å². The van der Waals surface area contributed by atoms with E-state index in [1.165, 1.54) is 12.8 Å². The van der Waals surface area contributed by atoms with E-state index in [4.69, 9.17) is 14.5 Å². The van der Waals surface area contributed by atoms with Crippen molar-refractivity contribution in [1.82, 2.24) is 4.98 Å². The number of anilines is 1. The lowest BCUT2D eigenvalue weighted by atomic mass is 10.2. The summed E-state index contributed by atoms with van der Waals surface area (Å²) in [6, 6.07) is 18.4. The van der Waals surface area contributed by atoms with E-state index in [0.717, 1.165) is 57.5 Å². The van der Waals surface area contributed by atoms with Gasteiger partial charge >= 0.3 is 0 Å². The van der Waals surface area contributed by atoms with Crippen molar-refractivity contribution in [3.8, 4) is 10.6 Å². The normalized spacial score (nSPS) is 11.5. The first-order chi connectivity index (χ1) is 17.7. The molecular weight excluding hydrogens is 470 g/mol. The maximum absolute atomic E-state index is 5.24. The summed E-state index contributed by atoms with van der Waals surface area (Å²) in [5.41, 5.74) is 4.85. The van der Waals surface area contributed by atoms with Crippen molar-refractivity contribution >= 4 is 38.6 Å². The molecule has 0 saturated carbocycles. The first-order valence-electron chi connectivity index (χ1n) is 12.3. The van der Waals surface area contributed by atoms with Gasteiger partial charge in [-0.2, -0.15) is 10.2 Å². The average Bonchev–Trinajstić information content (AvgIpc) is 3.35. The number of unbranched alkanes of at least 4 members (excludes halogenated alkanes) is 1. The zero-order chi connectivity index (χ0) is 25.2. The Labute approximate surface area is 217 Å². The summed E-state index contributed by atoms with van der Waals surface area (Å²) < 4.78 is 13.8. The van der Waals surface area contributed by atoms with Gasteiger partial charge in [-0.1, -0.05) is 13.3 Å². The van der Waals surface area contributed by atoms with Crippen molar-refractivity contribution in [3.63, 3.8) is 0 Å². The number of azo groups is 1. The number of ether oxygens (including phenoxy) is 2. The zero-order valence-corrected chi connectivity index (χ0v) is 22.1. The lowest BCUT2D eigenvalue weighted by molar-refractivity contribution is -0.697.